The summed E-state index contributed by atoms with van der Waals surface area (Å²) in [6, 6.07) is 12.0. The summed E-state index contributed by atoms with van der Waals surface area (Å²) >= 11 is 1.45. The Labute approximate surface area is 121 Å². The van der Waals surface area contributed by atoms with Crippen LogP contribution in [0.15, 0.2) is 57.3 Å². The summed E-state index contributed by atoms with van der Waals surface area (Å²) in [6.07, 6.45) is 1.79. The van der Waals surface area contributed by atoms with Crippen LogP contribution in [0.1, 0.15) is 18.5 Å². The van der Waals surface area contributed by atoms with Crippen molar-refractivity contribution in [2.75, 3.05) is 7.05 Å². The monoisotopic (exact) mass is 285 g/mol. The number of nitrogens with zero attached hydrogens (tertiary/aromatic N) is 2. The maximum absolute atomic E-state index is 5.73. The van der Waals surface area contributed by atoms with Crippen LogP contribution in [0, 0.1) is 0 Å². The summed E-state index contributed by atoms with van der Waals surface area (Å²) < 4.78 is 5.73. The van der Waals surface area contributed by atoms with Gasteiger partial charge in [-0.25, -0.2) is 9.97 Å². The number of hydrogen-bond acceptors (Lipinski definition) is 5. The average Bonchev–Trinajstić information content (AvgIpc) is 2.89. The van der Waals surface area contributed by atoms with E-state index in [1.807, 2.05) is 37.4 Å². The SMILES string of the molecule is CNC(C)c1cccnc1Sc1nc2ccccc2o1. The van der Waals surface area contributed by atoms with Gasteiger partial charge in [-0.1, -0.05) is 18.2 Å². The first-order chi connectivity index (χ1) is 9.78. The second-order valence-corrected chi connectivity index (χ2v) is 5.40. The normalized spacial score (nSPS) is 12.7. The molecule has 1 aromatic carbocycles. The molecule has 4 nitrogen and oxygen atoms in total. The number of benzene rings is 1. The van der Waals surface area contributed by atoms with Gasteiger partial charge in [-0.2, -0.15) is 0 Å². The summed E-state index contributed by atoms with van der Waals surface area (Å²) in [7, 11) is 1.94. The van der Waals surface area contributed by atoms with E-state index in [1.54, 1.807) is 6.20 Å². The van der Waals surface area contributed by atoms with Crippen LogP contribution in [0.2, 0.25) is 0 Å². The Morgan fingerprint density at radius 2 is 2.05 bits per heavy atom. The van der Waals surface area contributed by atoms with Gasteiger partial charge in [0.05, 0.1) is 0 Å². The summed E-state index contributed by atoms with van der Waals surface area (Å²) in [5.74, 6) is 0. The predicted molar refractivity (Wildman–Crippen MR) is 79.8 cm³/mol. The molecular weight excluding hydrogens is 270 g/mol. The molecule has 0 radical (unpaired) electrons. The molecular formula is C15H15N3OS. The molecule has 0 aliphatic rings. The minimum atomic E-state index is 0.232. The molecule has 3 aromatic rings. The molecule has 20 heavy (non-hydrogen) atoms. The van der Waals surface area contributed by atoms with E-state index in [0.29, 0.717) is 5.22 Å². The van der Waals surface area contributed by atoms with Gasteiger partial charge >= 0.3 is 0 Å². The van der Waals surface area contributed by atoms with Crippen molar-refractivity contribution in [3.8, 4) is 0 Å². The smallest absolute Gasteiger partial charge is 0.263 e. The highest BCUT2D eigenvalue weighted by Crippen LogP contribution is 2.32. The van der Waals surface area contributed by atoms with Crippen LogP contribution in [0.4, 0.5) is 0 Å². The van der Waals surface area contributed by atoms with Gasteiger partial charge in [-0.05, 0) is 43.9 Å². The number of para-hydroxylation sites is 2. The molecule has 0 spiro atoms. The molecule has 1 atom stereocenters. The van der Waals surface area contributed by atoms with Crippen molar-refractivity contribution in [1.29, 1.82) is 0 Å². The first-order valence-corrected chi connectivity index (χ1v) is 7.25. The number of fused-ring (bicyclic) bond motifs is 1. The lowest BCUT2D eigenvalue weighted by atomic mass is 10.1. The minimum Gasteiger partial charge on any atom is -0.431 e. The molecule has 3 rings (SSSR count). The van der Waals surface area contributed by atoms with Crippen LogP contribution >= 0.6 is 11.8 Å². The van der Waals surface area contributed by atoms with Crippen LogP contribution in [0.5, 0.6) is 0 Å². The summed E-state index contributed by atoms with van der Waals surface area (Å²) in [6.45, 7) is 2.10. The van der Waals surface area contributed by atoms with E-state index in [2.05, 4.69) is 28.3 Å². The van der Waals surface area contributed by atoms with Crippen LogP contribution in [-0.2, 0) is 0 Å². The Balaban J connectivity index is 1.94. The van der Waals surface area contributed by atoms with Gasteiger partial charge < -0.3 is 9.73 Å². The summed E-state index contributed by atoms with van der Waals surface area (Å²) in [4.78, 5) is 8.91. The quantitative estimate of drug-likeness (QED) is 0.793. The zero-order valence-corrected chi connectivity index (χ0v) is 12.1. The van der Waals surface area contributed by atoms with E-state index in [0.717, 1.165) is 21.7 Å². The molecule has 102 valence electrons. The van der Waals surface area contributed by atoms with Crippen molar-refractivity contribution in [3.05, 3.63) is 48.2 Å². The van der Waals surface area contributed by atoms with Gasteiger partial charge in [0.2, 0.25) is 0 Å². The third-order valence-electron chi connectivity index (χ3n) is 3.16. The van der Waals surface area contributed by atoms with E-state index >= 15 is 0 Å². The highest BCUT2D eigenvalue weighted by molar-refractivity contribution is 7.99. The molecule has 2 heterocycles. The molecule has 1 unspecified atom stereocenters. The number of oxazole rings is 1. The zero-order chi connectivity index (χ0) is 13.9. The van der Waals surface area contributed by atoms with Crippen molar-refractivity contribution in [1.82, 2.24) is 15.3 Å². The molecule has 2 aromatic heterocycles. The van der Waals surface area contributed by atoms with E-state index < -0.39 is 0 Å². The Morgan fingerprint density at radius 3 is 2.85 bits per heavy atom. The standard InChI is InChI=1S/C15H15N3OS/c1-10(16-2)11-6-5-9-17-14(11)20-15-18-12-7-3-4-8-13(12)19-15/h3-10,16H,1-2H3. The third-order valence-corrected chi connectivity index (χ3v) is 4.04. The van der Waals surface area contributed by atoms with E-state index in [4.69, 9.17) is 4.42 Å². The Kier molecular flexibility index (Phi) is 3.71. The van der Waals surface area contributed by atoms with Crippen LogP contribution in [0.3, 0.4) is 0 Å². The molecule has 5 heteroatoms. The van der Waals surface area contributed by atoms with E-state index in [1.165, 1.54) is 11.8 Å². The van der Waals surface area contributed by atoms with Crippen LogP contribution in [-0.4, -0.2) is 17.0 Å². The maximum Gasteiger partial charge on any atom is 0.263 e. The number of hydrogen-bond donors (Lipinski definition) is 1. The number of rotatable bonds is 4. The van der Waals surface area contributed by atoms with Crippen molar-refractivity contribution in [2.45, 2.75) is 23.2 Å². The number of pyridine rings is 1. The maximum atomic E-state index is 5.73. The summed E-state index contributed by atoms with van der Waals surface area (Å²) in [5, 5.41) is 4.77. The van der Waals surface area contributed by atoms with Crippen molar-refractivity contribution < 1.29 is 4.42 Å². The second kappa shape index (κ2) is 5.64. The average molecular weight is 285 g/mol. The summed E-state index contributed by atoms with van der Waals surface area (Å²) in [5.41, 5.74) is 2.81. The highest BCUT2D eigenvalue weighted by atomic mass is 32.2. The molecule has 0 aliphatic carbocycles. The largest absolute Gasteiger partial charge is 0.431 e. The molecule has 0 saturated carbocycles. The van der Waals surface area contributed by atoms with Crippen LogP contribution in [0.25, 0.3) is 11.1 Å². The predicted octanol–water partition coefficient (Wildman–Crippen LogP) is 3.65. The molecule has 0 saturated heterocycles. The first-order valence-electron chi connectivity index (χ1n) is 6.43. The fourth-order valence-electron chi connectivity index (χ4n) is 1.95. The third kappa shape index (κ3) is 2.55. The van der Waals surface area contributed by atoms with Crippen molar-refractivity contribution in [3.63, 3.8) is 0 Å². The molecule has 0 amide bonds. The highest BCUT2D eigenvalue weighted by Gasteiger charge is 2.14. The molecule has 0 fully saturated rings. The minimum absolute atomic E-state index is 0.232. The molecule has 1 N–H and O–H groups in total. The number of aromatic nitrogens is 2. The Morgan fingerprint density at radius 1 is 1.20 bits per heavy atom. The topological polar surface area (TPSA) is 51.0 Å². The van der Waals surface area contributed by atoms with Gasteiger partial charge in [0.1, 0.15) is 10.5 Å². The van der Waals surface area contributed by atoms with E-state index in [-0.39, 0.29) is 6.04 Å². The zero-order valence-electron chi connectivity index (χ0n) is 11.3. The van der Waals surface area contributed by atoms with Gasteiger partial charge in [0, 0.05) is 17.8 Å². The lowest BCUT2D eigenvalue weighted by molar-refractivity contribution is 0.489. The van der Waals surface area contributed by atoms with Crippen LogP contribution < -0.4 is 5.32 Å². The molecule has 0 bridgehead atoms. The van der Waals surface area contributed by atoms with Gasteiger partial charge in [-0.3, -0.25) is 0 Å². The van der Waals surface area contributed by atoms with Gasteiger partial charge in [0.25, 0.3) is 5.22 Å². The van der Waals surface area contributed by atoms with Gasteiger partial charge in [0.15, 0.2) is 5.58 Å². The van der Waals surface area contributed by atoms with Gasteiger partial charge in [-0.15, -0.1) is 0 Å². The first kappa shape index (κ1) is 13.1. The fourth-order valence-corrected chi connectivity index (χ4v) is 2.87. The van der Waals surface area contributed by atoms with Crippen molar-refractivity contribution >= 4 is 22.9 Å². The van der Waals surface area contributed by atoms with E-state index in [9.17, 15) is 0 Å². The number of nitrogens with one attached hydrogen (secondary N) is 1. The second-order valence-electron chi connectivity index (χ2n) is 4.46. The fraction of sp³-hybridized carbons (Fsp3) is 0.200. The Hall–Kier alpha value is -1.85. The van der Waals surface area contributed by atoms with Crippen molar-refractivity contribution in [2.24, 2.45) is 0 Å². The lowest BCUT2D eigenvalue weighted by Crippen LogP contribution is -2.13. The lowest BCUT2D eigenvalue weighted by Gasteiger charge is -2.13. The Bertz CT molecular complexity index is 693. The molecule has 0 aliphatic heterocycles.